The van der Waals surface area contributed by atoms with Gasteiger partial charge in [0.2, 0.25) is 5.82 Å². The predicted octanol–water partition coefficient (Wildman–Crippen LogP) is 1.45. The minimum atomic E-state index is -3.62. The first-order valence-electron chi connectivity index (χ1n) is 4.20. The smallest absolute Gasteiger partial charge is 0.264 e. The standard InChI is InChI=1S/C9H10F2O4S/c1-14-8-4-6(3-7(10)9(8)11)5-15-16(2,12)13/h3-4H,5H2,1-2H3. The maximum atomic E-state index is 13.0. The molecule has 16 heavy (non-hydrogen) atoms. The number of halogens is 2. The Bertz CT molecular complexity index is 485. The van der Waals surface area contributed by atoms with Crippen LogP contribution in [-0.2, 0) is 20.9 Å². The highest BCUT2D eigenvalue weighted by Crippen LogP contribution is 2.22. The third kappa shape index (κ3) is 3.42. The molecule has 0 aliphatic carbocycles. The molecule has 1 rings (SSSR count). The van der Waals surface area contributed by atoms with Gasteiger partial charge in [-0.15, -0.1) is 0 Å². The fourth-order valence-electron chi connectivity index (χ4n) is 1.02. The van der Waals surface area contributed by atoms with Gasteiger partial charge in [0.15, 0.2) is 11.6 Å². The molecule has 0 spiro atoms. The summed E-state index contributed by atoms with van der Waals surface area (Å²) < 4.78 is 56.4. The Morgan fingerprint density at radius 1 is 1.31 bits per heavy atom. The van der Waals surface area contributed by atoms with Crippen LogP contribution in [0.2, 0.25) is 0 Å². The Labute approximate surface area is 91.9 Å². The second kappa shape index (κ2) is 4.75. The topological polar surface area (TPSA) is 52.6 Å². The Balaban J connectivity index is 2.94. The van der Waals surface area contributed by atoms with Gasteiger partial charge < -0.3 is 4.74 Å². The predicted molar refractivity (Wildman–Crippen MR) is 52.5 cm³/mol. The molecule has 0 aliphatic rings. The number of hydrogen-bond donors (Lipinski definition) is 0. The number of rotatable bonds is 4. The fourth-order valence-corrected chi connectivity index (χ4v) is 1.37. The van der Waals surface area contributed by atoms with Crippen molar-refractivity contribution in [2.24, 2.45) is 0 Å². The van der Waals surface area contributed by atoms with Crippen molar-refractivity contribution >= 4 is 10.1 Å². The Morgan fingerprint density at radius 3 is 2.44 bits per heavy atom. The molecule has 0 aliphatic heterocycles. The highest BCUT2D eigenvalue weighted by molar-refractivity contribution is 7.85. The van der Waals surface area contributed by atoms with Gasteiger partial charge in [0.1, 0.15) is 0 Å². The van der Waals surface area contributed by atoms with Crippen molar-refractivity contribution in [1.82, 2.24) is 0 Å². The Morgan fingerprint density at radius 2 is 1.94 bits per heavy atom. The summed E-state index contributed by atoms with van der Waals surface area (Å²) >= 11 is 0. The first-order chi connectivity index (χ1) is 7.33. The van der Waals surface area contributed by atoms with Gasteiger partial charge in [0, 0.05) is 0 Å². The SMILES string of the molecule is COc1cc(COS(C)(=O)=O)cc(F)c1F. The molecule has 0 aromatic heterocycles. The van der Waals surface area contributed by atoms with Gasteiger partial charge in [0.25, 0.3) is 10.1 Å². The van der Waals surface area contributed by atoms with E-state index < -0.39 is 21.8 Å². The van der Waals surface area contributed by atoms with E-state index in [0.29, 0.717) is 0 Å². The summed E-state index contributed by atoms with van der Waals surface area (Å²) in [6.07, 6.45) is 0.865. The van der Waals surface area contributed by atoms with Gasteiger partial charge in [0.05, 0.1) is 20.0 Å². The molecular weight excluding hydrogens is 242 g/mol. The van der Waals surface area contributed by atoms with Crippen LogP contribution in [0.3, 0.4) is 0 Å². The molecule has 4 nitrogen and oxygen atoms in total. The number of methoxy groups -OCH3 is 1. The summed E-state index contributed by atoms with van der Waals surface area (Å²) in [7, 11) is -2.44. The molecule has 0 bridgehead atoms. The molecule has 1 aromatic carbocycles. The lowest BCUT2D eigenvalue weighted by molar-refractivity contribution is 0.308. The summed E-state index contributed by atoms with van der Waals surface area (Å²) in [6.45, 7) is -0.369. The lowest BCUT2D eigenvalue weighted by Gasteiger charge is -2.06. The maximum Gasteiger partial charge on any atom is 0.264 e. The monoisotopic (exact) mass is 252 g/mol. The van der Waals surface area contributed by atoms with Gasteiger partial charge in [-0.25, -0.2) is 4.39 Å². The minimum Gasteiger partial charge on any atom is -0.494 e. The van der Waals surface area contributed by atoms with E-state index in [-0.39, 0.29) is 17.9 Å². The summed E-state index contributed by atoms with van der Waals surface area (Å²) in [6, 6.07) is 2.02. The van der Waals surface area contributed by atoms with E-state index >= 15 is 0 Å². The van der Waals surface area contributed by atoms with Crippen LogP contribution in [0.25, 0.3) is 0 Å². The van der Waals surface area contributed by atoms with Gasteiger partial charge in [-0.05, 0) is 17.7 Å². The highest BCUT2D eigenvalue weighted by atomic mass is 32.2. The van der Waals surface area contributed by atoms with Crippen LogP contribution in [-0.4, -0.2) is 21.8 Å². The second-order valence-corrected chi connectivity index (χ2v) is 4.70. The van der Waals surface area contributed by atoms with Gasteiger partial charge in [-0.1, -0.05) is 0 Å². The molecule has 0 N–H and O–H groups in total. The number of hydrogen-bond acceptors (Lipinski definition) is 4. The van der Waals surface area contributed by atoms with Crippen LogP contribution in [0.15, 0.2) is 12.1 Å². The molecule has 0 unspecified atom stereocenters. The van der Waals surface area contributed by atoms with E-state index in [2.05, 4.69) is 8.92 Å². The fraction of sp³-hybridized carbons (Fsp3) is 0.333. The third-order valence-electron chi connectivity index (χ3n) is 1.71. The van der Waals surface area contributed by atoms with E-state index in [0.717, 1.165) is 12.3 Å². The van der Waals surface area contributed by atoms with E-state index in [1.54, 1.807) is 0 Å². The van der Waals surface area contributed by atoms with Crippen molar-refractivity contribution in [3.8, 4) is 5.75 Å². The van der Waals surface area contributed by atoms with E-state index in [1.807, 2.05) is 0 Å². The number of benzene rings is 1. The van der Waals surface area contributed by atoms with Crippen molar-refractivity contribution < 1.29 is 26.1 Å². The van der Waals surface area contributed by atoms with Crippen molar-refractivity contribution in [2.45, 2.75) is 6.61 Å². The zero-order valence-electron chi connectivity index (χ0n) is 8.66. The molecule has 0 fully saturated rings. The molecule has 1 aromatic rings. The zero-order chi connectivity index (χ0) is 12.3. The average molecular weight is 252 g/mol. The highest BCUT2D eigenvalue weighted by Gasteiger charge is 2.12. The quantitative estimate of drug-likeness (QED) is 0.761. The van der Waals surface area contributed by atoms with Crippen molar-refractivity contribution in [3.63, 3.8) is 0 Å². The van der Waals surface area contributed by atoms with Crippen molar-refractivity contribution in [1.29, 1.82) is 0 Å². The van der Waals surface area contributed by atoms with Crippen LogP contribution >= 0.6 is 0 Å². The van der Waals surface area contributed by atoms with Crippen LogP contribution in [0.4, 0.5) is 8.78 Å². The van der Waals surface area contributed by atoms with Crippen LogP contribution in [0.5, 0.6) is 5.75 Å². The van der Waals surface area contributed by atoms with E-state index in [1.165, 1.54) is 13.2 Å². The van der Waals surface area contributed by atoms with Gasteiger partial charge in [-0.2, -0.15) is 12.8 Å². The van der Waals surface area contributed by atoms with Crippen molar-refractivity contribution in [2.75, 3.05) is 13.4 Å². The first kappa shape index (κ1) is 12.9. The lowest BCUT2D eigenvalue weighted by atomic mass is 10.2. The second-order valence-electron chi connectivity index (χ2n) is 3.06. The maximum absolute atomic E-state index is 13.0. The number of ether oxygens (including phenoxy) is 1. The molecule has 90 valence electrons. The van der Waals surface area contributed by atoms with E-state index in [9.17, 15) is 17.2 Å². The summed E-state index contributed by atoms with van der Waals surface area (Å²) in [5.41, 5.74) is 0.168. The summed E-state index contributed by atoms with van der Waals surface area (Å²) in [5, 5.41) is 0. The molecule has 0 saturated carbocycles. The molecule has 7 heteroatoms. The molecule has 0 heterocycles. The Kier molecular flexibility index (Phi) is 3.82. The minimum absolute atomic E-state index is 0.168. The molecule has 0 saturated heterocycles. The zero-order valence-corrected chi connectivity index (χ0v) is 9.48. The first-order valence-corrected chi connectivity index (χ1v) is 6.01. The van der Waals surface area contributed by atoms with Gasteiger partial charge >= 0.3 is 0 Å². The Hall–Kier alpha value is -1.21. The summed E-state index contributed by atoms with van der Waals surface area (Å²) in [4.78, 5) is 0. The van der Waals surface area contributed by atoms with Gasteiger partial charge in [-0.3, -0.25) is 4.18 Å². The molecule has 0 atom stereocenters. The van der Waals surface area contributed by atoms with Crippen LogP contribution < -0.4 is 4.74 Å². The molecule has 0 amide bonds. The largest absolute Gasteiger partial charge is 0.494 e. The molecular formula is C9H10F2O4S. The van der Waals surface area contributed by atoms with Crippen molar-refractivity contribution in [3.05, 3.63) is 29.3 Å². The lowest BCUT2D eigenvalue weighted by Crippen LogP contribution is -2.04. The normalized spacial score (nSPS) is 11.5. The molecule has 0 radical (unpaired) electrons. The summed E-state index contributed by atoms with van der Waals surface area (Å²) in [5.74, 6) is -2.54. The van der Waals surface area contributed by atoms with Crippen LogP contribution in [0.1, 0.15) is 5.56 Å². The van der Waals surface area contributed by atoms with E-state index in [4.69, 9.17) is 0 Å². The average Bonchev–Trinajstić information content (AvgIpc) is 2.18. The van der Waals surface area contributed by atoms with Crippen LogP contribution in [0, 0.1) is 11.6 Å². The third-order valence-corrected chi connectivity index (χ3v) is 2.26.